The minimum absolute atomic E-state index is 0.128. The second kappa shape index (κ2) is 7.85. The van der Waals surface area contributed by atoms with E-state index in [2.05, 4.69) is 31.9 Å². The van der Waals surface area contributed by atoms with E-state index >= 15 is 0 Å². The van der Waals surface area contributed by atoms with E-state index in [0.29, 0.717) is 17.0 Å². The SMILES string of the molecule is C[C@H](Oc1cccc(N2C(=O)[C@@H]3[C@H]4C[C@@H]([C@H](Br)[C@H]4Br)[C@@H]3C2=O)c1)C(=O)c1ccccc1. The Morgan fingerprint density at radius 3 is 2.19 bits per heavy atom. The molecule has 0 radical (unpaired) electrons. The molecular weight excluding hydrogens is 526 g/mol. The fourth-order valence-corrected chi connectivity index (χ4v) is 7.27. The van der Waals surface area contributed by atoms with Gasteiger partial charge >= 0.3 is 0 Å². The van der Waals surface area contributed by atoms with E-state index in [-0.39, 0.29) is 50.9 Å². The number of carbonyl (C=O) groups excluding carboxylic acids is 3. The summed E-state index contributed by atoms with van der Waals surface area (Å²) in [6.45, 7) is 1.70. The van der Waals surface area contributed by atoms with E-state index in [0.717, 1.165) is 6.42 Å². The summed E-state index contributed by atoms with van der Waals surface area (Å²) in [6, 6.07) is 15.9. The van der Waals surface area contributed by atoms with Gasteiger partial charge in [-0.25, -0.2) is 4.90 Å². The molecule has 0 spiro atoms. The van der Waals surface area contributed by atoms with Crippen molar-refractivity contribution in [3.8, 4) is 5.75 Å². The van der Waals surface area contributed by atoms with Crippen LogP contribution in [0.15, 0.2) is 54.6 Å². The van der Waals surface area contributed by atoms with Gasteiger partial charge in [-0.05, 0) is 37.3 Å². The predicted octanol–water partition coefficient (Wildman–Crippen LogP) is 4.62. The second-order valence-electron chi connectivity index (χ2n) is 8.50. The Labute approximate surface area is 197 Å². The number of imide groups is 1. The minimum Gasteiger partial charge on any atom is -0.482 e. The van der Waals surface area contributed by atoms with Gasteiger partial charge in [0.2, 0.25) is 17.6 Å². The van der Waals surface area contributed by atoms with Crippen LogP contribution in [0.25, 0.3) is 0 Å². The van der Waals surface area contributed by atoms with Crippen LogP contribution in [0.3, 0.4) is 0 Å². The third-order valence-corrected chi connectivity index (χ3v) is 10.0. The summed E-state index contributed by atoms with van der Waals surface area (Å²) < 4.78 is 5.87. The molecule has 5 rings (SSSR count). The molecule has 2 aromatic rings. The molecule has 2 bridgehead atoms. The van der Waals surface area contributed by atoms with Crippen molar-refractivity contribution in [3.63, 3.8) is 0 Å². The highest BCUT2D eigenvalue weighted by Gasteiger charge is 2.66. The minimum atomic E-state index is -0.693. The molecule has 2 aliphatic carbocycles. The van der Waals surface area contributed by atoms with Gasteiger partial charge < -0.3 is 4.74 Å². The zero-order chi connectivity index (χ0) is 21.9. The van der Waals surface area contributed by atoms with Crippen molar-refractivity contribution in [1.29, 1.82) is 0 Å². The van der Waals surface area contributed by atoms with Gasteiger partial charge in [-0.15, -0.1) is 0 Å². The molecule has 2 aromatic carbocycles. The van der Waals surface area contributed by atoms with E-state index in [9.17, 15) is 14.4 Å². The van der Waals surface area contributed by atoms with Crippen molar-refractivity contribution in [2.24, 2.45) is 23.7 Å². The van der Waals surface area contributed by atoms with Crippen LogP contribution in [0, 0.1) is 23.7 Å². The number of rotatable bonds is 5. The summed E-state index contributed by atoms with van der Waals surface area (Å²) in [5, 5.41) is 0. The molecule has 160 valence electrons. The number of ether oxygens (including phenoxy) is 1. The topological polar surface area (TPSA) is 63.7 Å². The Balaban J connectivity index is 1.37. The van der Waals surface area contributed by atoms with E-state index in [1.807, 2.05) is 18.2 Å². The molecule has 7 heteroatoms. The summed E-state index contributed by atoms with van der Waals surface area (Å²) in [4.78, 5) is 40.8. The number of hydrogen-bond acceptors (Lipinski definition) is 4. The lowest BCUT2D eigenvalue weighted by molar-refractivity contribution is -0.123. The van der Waals surface area contributed by atoms with Gasteiger partial charge in [-0.3, -0.25) is 14.4 Å². The summed E-state index contributed by atoms with van der Waals surface area (Å²) in [5.74, 6) is -0.122. The van der Waals surface area contributed by atoms with Crippen LogP contribution in [0.2, 0.25) is 0 Å². The van der Waals surface area contributed by atoms with E-state index in [1.165, 1.54) is 4.90 Å². The van der Waals surface area contributed by atoms with Crippen molar-refractivity contribution in [3.05, 3.63) is 60.2 Å². The molecule has 5 nitrogen and oxygen atoms in total. The summed E-state index contributed by atoms with van der Waals surface area (Å²) in [6.07, 6.45) is 0.204. The Hall–Kier alpha value is -1.99. The largest absolute Gasteiger partial charge is 0.482 e. The molecule has 2 saturated carbocycles. The molecule has 1 saturated heterocycles. The zero-order valence-corrected chi connectivity index (χ0v) is 20.0. The van der Waals surface area contributed by atoms with Gasteiger partial charge in [0.05, 0.1) is 17.5 Å². The third kappa shape index (κ3) is 3.28. The van der Waals surface area contributed by atoms with Crippen LogP contribution in [-0.4, -0.2) is 33.4 Å². The highest BCUT2D eigenvalue weighted by molar-refractivity contribution is 9.12. The van der Waals surface area contributed by atoms with Crippen LogP contribution >= 0.6 is 31.9 Å². The smallest absolute Gasteiger partial charge is 0.238 e. The quantitative estimate of drug-likeness (QED) is 0.312. The number of alkyl halides is 2. The Morgan fingerprint density at radius 2 is 1.58 bits per heavy atom. The number of Topliss-reactive ketones (excluding diaryl/α,β-unsaturated/α-hetero) is 1. The molecule has 0 aromatic heterocycles. The van der Waals surface area contributed by atoms with Gasteiger partial charge in [0, 0.05) is 21.3 Å². The first-order chi connectivity index (χ1) is 14.9. The standard InChI is InChI=1S/C24H21Br2NO4/c1-12(22(28)13-6-3-2-4-7-13)31-15-9-5-8-14(10-15)27-23(29)18-16-11-17(19(18)24(27)30)21(26)20(16)25/h2-10,12,16-21H,11H2,1H3/t12-,16+,17+,18-,19+,20-,21-/m0/s1. The van der Waals surface area contributed by atoms with Gasteiger partial charge in [0.1, 0.15) is 5.75 Å². The first-order valence-electron chi connectivity index (χ1n) is 10.4. The number of fused-ring (bicyclic) bond motifs is 5. The monoisotopic (exact) mass is 545 g/mol. The zero-order valence-electron chi connectivity index (χ0n) is 16.8. The van der Waals surface area contributed by atoms with Gasteiger partial charge in [0.25, 0.3) is 0 Å². The van der Waals surface area contributed by atoms with Gasteiger partial charge in [0.15, 0.2) is 6.10 Å². The maximum Gasteiger partial charge on any atom is 0.238 e. The van der Waals surface area contributed by atoms with E-state index in [1.54, 1.807) is 43.3 Å². The lowest BCUT2D eigenvalue weighted by Crippen LogP contribution is -2.37. The number of ketones is 1. The number of hydrogen-bond donors (Lipinski definition) is 0. The van der Waals surface area contributed by atoms with Gasteiger partial charge in [-0.2, -0.15) is 0 Å². The second-order valence-corrected chi connectivity index (χ2v) is 10.6. The molecule has 1 aliphatic heterocycles. The molecule has 7 atom stereocenters. The summed E-state index contributed by atoms with van der Waals surface area (Å²) in [7, 11) is 0. The first kappa shape index (κ1) is 20.9. The predicted molar refractivity (Wildman–Crippen MR) is 124 cm³/mol. The van der Waals surface area contributed by atoms with Crippen molar-refractivity contribution >= 4 is 55.1 Å². The highest BCUT2D eigenvalue weighted by Crippen LogP contribution is 2.60. The van der Waals surface area contributed by atoms with Crippen LogP contribution < -0.4 is 9.64 Å². The number of benzene rings is 2. The van der Waals surface area contributed by atoms with Crippen molar-refractivity contribution < 1.29 is 19.1 Å². The molecule has 1 heterocycles. The van der Waals surface area contributed by atoms with Crippen molar-refractivity contribution in [2.75, 3.05) is 4.90 Å². The molecule has 0 unspecified atom stereocenters. The van der Waals surface area contributed by atoms with Crippen LogP contribution in [0.1, 0.15) is 23.7 Å². The number of halogens is 2. The fraction of sp³-hybridized carbons (Fsp3) is 0.375. The maximum absolute atomic E-state index is 13.2. The number of anilines is 1. The van der Waals surface area contributed by atoms with Crippen molar-refractivity contribution in [2.45, 2.75) is 29.1 Å². The average molecular weight is 547 g/mol. The highest BCUT2D eigenvalue weighted by atomic mass is 79.9. The van der Waals surface area contributed by atoms with Crippen LogP contribution in [0.5, 0.6) is 5.75 Å². The Kier molecular flexibility index (Phi) is 5.29. The molecule has 31 heavy (non-hydrogen) atoms. The molecule has 2 amide bonds. The molecular formula is C24H21Br2NO4. The molecule has 3 fully saturated rings. The summed E-state index contributed by atoms with van der Waals surface area (Å²) >= 11 is 7.42. The lowest BCUT2D eigenvalue weighted by atomic mass is 9.81. The number of amides is 2. The Morgan fingerprint density at radius 1 is 0.968 bits per heavy atom. The van der Waals surface area contributed by atoms with Crippen LogP contribution in [0.4, 0.5) is 5.69 Å². The van der Waals surface area contributed by atoms with E-state index in [4.69, 9.17) is 4.74 Å². The lowest BCUT2D eigenvalue weighted by Gasteiger charge is -2.28. The first-order valence-corrected chi connectivity index (χ1v) is 12.2. The summed E-state index contributed by atoms with van der Waals surface area (Å²) in [5.41, 5.74) is 1.07. The molecule has 3 aliphatic rings. The average Bonchev–Trinajstić information content (AvgIpc) is 3.38. The van der Waals surface area contributed by atoms with Crippen molar-refractivity contribution in [1.82, 2.24) is 0 Å². The Bertz CT molecular complexity index is 1030. The maximum atomic E-state index is 13.2. The van der Waals surface area contributed by atoms with Crippen LogP contribution in [-0.2, 0) is 9.59 Å². The fourth-order valence-electron chi connectivity index (χ4n) is 5.39. The van der Waals surface area contributed by atoms with E-state index < -0.39 is 6.10 Å². The number of nitrogens with zero attached hydrogens (tertiary/aromatic N) is 1. The normalized spacial score (nSPS) is 32.3. The number of carbonyl (C=O) groups is 3. The third-order valence-electron chi connectivity index (χ3n) is 6.80. The van der Waals surface area contributed by atoms with Gasteiger partial charge in [-0.1, -0.05) is 68.3 Å². The molecule has 0 N–H and O–H groups in total.